The second-order valence-electron chi connectivity index (χ2n) is 3.41. The van der Waals surface area contributed by atoms with E-state index in [2.05, 4.69) is 0 Å². The third-order valence-corrected chi connectivity index (χ3v) is 2.78. The maximum absolute atomic E-state index is 11.2. The predicted molar refractivity (Wildman–Crippen MR) is 44.6 cm³/mol. The third-order valence-electron chi connectivity index (χ3n) is 2.78. The first-order chi connectivity index (χ1) is 5.61. The molecule has 2 rings (SSSR count). The van der Waals surface area contributed by atoms with E-state index in [1.807, 2.05) is 13.8 Å². The van der Waals surface area contributed by atoms with Crippen molar-refractivity contribution in [2.24, 2.45) is 0 Å². The quantitative estimate of drug-likeness (QED) is 0.541. The average molecular weight is 162 g/mol. The van der Waals surface area contributed by atoms with Crippen LogP contribution in [-0.4, -0.2) is 11.6 Å². The largest absolute Gasteiger partial charge is 0.294 e. The average Bonchev–Trinajstić information content (AvgIpc) is 2.43. The molecule has 0 radical (unpaired) electrons. The number of Topliss-reactive ketones (excluding diaryl/α,β-unsaturated/α-hetero) is 2. The van der Waals surface area contributed by atoms with Gasteiger partial charge in [0.05, 0.1) is 0 Å². The molecule has 62 valence electrons. The number of fused-ring (bicyclic) bond motifs is 1. The van der Waals surface area contributed by atoms with Crippen molar-refractivity contribution in [3.63, 3.8) is 0 Å². The Labute approximate surface area is 71.0 Å². The summed E-state index contributed by atoms with van der Waals surface area (Å²) in [6.07, 6.45) is 0.914. The topological polar surface area (TPSA) is 34.1 Å². The highest BCUT2D eigenvalue weighted by molar-refractivity contribution is 6.11. The van der Waals surface area contributed by atoms with Gasteiger partial charge in [0, 0.05) is 12.8 Å². The second kappa shape index (κ2) is 2.16. The van der Waals surface area contributed by atoms with Gasteiger partial charge in [0.1, 0.15) is 0 Å². The zero-order valence-corrected chi connectivity index (χ0v) is 7.23. The Balaban J connectivity index is 2.59. The summed E-state index contributed by atoms with van der Waals surface area (Å²) >= 11 is 0. The number of carbonyl (C=O) groups excluding carboxylic acids is 2. The summed E-state index contributed by atoms with van der Waals surface area (Å²) in [5.41, 5.74) is 3.61. The highest BCUT2D eigenvalue weighted by Gasteiger charge is 2.33. The van der Waals surface area contributed by atoms with Gasteiger partial charge in [0.15, 0.2) is 11.6 Å². The zero-order chi connectivity index (χ0) is 8.88. The lowest BCUT2D eigenvalue weighted by atomic mass is 10.1. The molecule has 0 amide bonds. The number of rotatable bonds is 0. The fourth-order valence-corrected chi connectivity index (χ4v) is 1.85. The minimum absolute atomic E-state index is 0.187. The summed E-state index contributed by atoms with van der Waals surface area (Å²) in [5, 5.41) is 0. The first-order valence-corrected chi connectivity index (χ1v) is 4.07. The number of allylic oxidation sites excluding steroid dienone is 4. The van der Waals surface area contributed by atoms with Crippen molar-refractivity contribution in [3.8, 4) is 0 Å². The molecule has 0 aliphatic heterocycles. The van der Waals surface area contributed by atoms with E-state index < -0.39 is 0 Å². The van der Waals surface area contributed by atoms with Crippen LogP contribution in [-0.2, 0) is 9.59 Å². The highest BCUT2D eigenvalue weighted by Crippen LogP contribution is 2.38. The van der Waals surface area contributed by atoms with Gasteiger partial charge in [-0.3, -0.25) is 9.59 Å². The summed E-state index contributed by atoms with van der Waals surface area (Å²) in [4.78, 5) is 22.5. The third kappa shape index (κ3) is 0.750. The Morgan fingerprint density at radius 1 is 0.833 bits per heavy atom. The number of hydrogen-bond acceptors (Lipinski definition) is 2. The van der Waals surface area contributed by atoms with Crippen molar-refractivity contribution in [1.82, 2.24) is 0 Å². The SMILES string of the molecule is CC1=C2CC(=O)C(C)=C2CC1=O. The maximum Gasteiger partial charge on any atom is 0.163 e. The Hall–Kier alpha value is -1.18. The summed E-state index contributed by atoms with van der Waals surface area (Å²) in [6, 6.07) is 0. The molecule has 2 nitrogen and oxygen atoms in total. The van der Waals surface area contributed by atoms with Crippen molar-refractivity contribution < 1.29 is 9.59 Å². The van der Waals surface area contributed by atoms with Crippen LogP contribution in [0, 0.1) is 0 Å². The highest BCUT2D eigenvalue weighted by atomic mass is 16.1. The van der Waals surface area contributed by atoms with Crippen LogP contribution in [0.4, 0.5) is 0 Å². The van der Waals surface area contributed by atoms with E-state index in [9.17, 15) is 9.59 Å². The molecule has 0 N–H and O–H groups in total. The molecular formula is C10H10O2. The van der Waals surface area contributed by atoms with Crippen LogP contribution in [0.5, 0.6) is 0 Å². The Bertz CT molecular complexity index is 320. The molecular weight excluding hydrogens is 152 g/mol. The molecule has 12 heavy (non-hydrogen) atoms. The fraction of sp³-hybridized carbons (Fsp3) is 0.400. The van der Waals surface area contributed by atoms with E-state index in [1.165, 1.54) is 0 Å². The van der Waals surface area contributed by atoms with Gasteiger partial charge < -0.3 is 0 Å². The second-order valence-corrected chi connectivity index (χ2v) is 3.41. The van der Waals surface area contributed by atoms with Gasteiger partial charge in [-0.15, -0.1) is 0 Å². The van der Waals surface area contributed by atoms with Crippen LogP contribution < -0.4 is 0 Å². The van der Waals surface area contributed by atoms with Crippen molar-refractivity contribution in [2.45, 2.75) is 26.7 Å². The lowest BCUT2D eigenvalue weighted by Gasteiger charge is -1.91. The Morgan fingerprint density at radius 3 is 1.50 bits per heavy atom. The molecule has 2 aliphatic rings. The molecule has 0 aromatic rings. The molecule has 0 saturated carbocycles. The molecule has 0 fully saturated rings. The van der Waals surface area contributed by atoms with Gasteiger partial charge >= 0.3 is 0 Å². The zero-order valence-electron chi connectivity index (χ0n) is 7.23. The van der Waals surface area contributed by atoms with Gasteiger partial charge in [-0.1, -0.05) is 0 Å². The first-order valence-electron chi connectivity index (χ1n) is 4.07. The molecule has 0 atom stereocenters. The standard InChI is InChI=1S/C10H10O2/c1-5-7-3-10(12)6(2)8(7)4-9(5)11/h3-4H2,1-2H3. The maximum atomic E-state index is 11.2. The molecule has 0 heterocycles. The number of carbonyl (C=O) groups is 2. The molecule has 0 aromatic heterocycles. The van der Waals surface area contributed by atoms with Gasteiger partial charge in [0.2, 0.25) is 0 Å². The molecule has 0 aromatic carbocycles. The van der Waals surface area contributed by atoms with Crippen molar-refractivity contribution >= 4 is 11.6 Å². The lowest BCUT2D eigenvalue weighted by Crippen LogP contribution is -1.97. The van der Waals surface area contributed by atoms with Crippen molar-refractivity contribution in [1.29, 1.82) is 0 Å². The van der Waals surface area contributed by atoms with Crippen LogP contribution in [0.15, 0.2) is 22.3 Å². The van der Waals surface area contributed by atoms with E-state index in [4.69, 9.17) is 0 Å². The molecule has 0 spiro atoms. The monoisotopic (exact) mass is 162 g/mol. The number of ketones is 2. The van der Waals surface area contributed by atoms with Crippen LogP contribution in [0.1, 0.15) is 26.7 Å². The van der Waals surface area contributed by atoms with Crippen LogP contribution >= 0.6 is 0 Å². The minimum atomic E-state index is 0.187. The molecule has 0 bridgehead atoms. The van der Waals surface area contributed by atoms with E-state index in [-0.39, 0.29) is 11.6 Å². The fourth-order valence-electron chi connectivity index (χ4n) is 1.85. The van der Waals surface area contributed by atoms with E-state index in [1.54, 1.807) is 0 Å². The predicted octanol–water partition coefficient (Wildman–Crippen LogP) is 1.56. The first kappa shape index (κ1) is 7.47. The summed E-state index contributed by atoms with van der Waals surface area (Å²) < 4.78 is 0. The normalized spacial score (nSPS) is 22.8. The van der Waals surface area contributed by atoms with Gasteiger partial charge in [-0.25, -0.2) is 0 Å². The van der Waals surface area contributed by atoms with Gasteiger partial charge in [-0.2, -0.15) is 0 Å². The minimum Gasteiger partial charge on any atom is -0.294 e. The summed E-state index contributed by atoms with van der Waals surface area (Å²) in [6.45, 7) is 3.63. The molecule has 0 saturated heterocycles. The molecule has 2 aliphatic carbocycles. The van der Waals surface area contributed by atoms with Crippen LogP contribution in [0.2, 0.25) is 0 Å². The Kier molecular flexibility index (Phi) is 1.34. The smallest absolute Gasteiger partial charge is 0.163 e. The molecule has 2 heteroatoms. The Morgan fingerprint density at radius 2 is 1.17 bits per heavy atom. The van der Waals surface area contributed by atoms with E-state index in [0.717, 1.165) is 22.3 Å². The molecule has 0 unspecified atom stereocenters. The van der Waals surface area contributed by atoms with Crippen LogP contribution in [0.25, 0.3) is 0 Å². The summed E-state index contributed by atoms with van der Waals surface area (Å²) in [7, 11) is 0. The van der Waals surface area contributed by atoms with E-state index >= 15 is 0 Å². The lowest BCUT2D eigenvalue weighted by molar-refractivity contribution is -0.114. The van der Waals surface area contributed by atoms with Gasteiger partial charge in [0.25, 0.3) is 0 Å². The van der Waals surface area contributed by atoms with Crippen LogP contribution in [0.3, 0.4) is 0 Å². The van der Waals surface area contributed by atoms with E-state index in [0.29, 0.717) is 12.8 Å². The van der Waals surface area contributed by atoms with Crippen molar-refractivity contribution in [2.75, 3.05) is 0 Å². The van der Waals surface area contributed by atoms with Gasteiger partial charge in [-0.05, 0) is 36.1 Å². The number of hydrogen-bond donors (Lipinski definition) is 0. The van der Waals surface area contributed by atoms with Crippen molar-refractivity contribution in [3.05, 3.63) is 22.3 Å². The summed E-state index contributed by atoms with van der Waals surface area (Å²) in [5.74, 6) is 0.374.